The molecule has 1 atom stereocenters. The zero-order valence-electron chi connectivity index (χ0n) is 8.93. The van der Waals surface area contributed by atoms with Gasteiger partial charge in [-0.15, -0.1) is 0 Å². The van der Waals surface area contributed by atoms with Crippen molar-refractivity contribution in [1.82, 2.24) is 5.32 Å². The fraction of sp³-hybridized carbons (Fsp3) is 0.250. The van der Waals surface area contributed by atoms with Crippen molar-refractivity contribution in [3.63, 3.8) is 0 Å². The van der Waals surface area contributed by atoms with Crippen molar-refractivity contribution in [3.8, 4) is 0 Å². The van der Waals surface area contributed by atoms with Gasteiger partial charge in [0.05, 0.1) is 12.6 Å². The molecule has 16 heavy (non-hydrogen) atoms. The van der Waals surface area contributed by atoms with Crippen molar-refractivity contribution in [2.24, 2.45) is 0 Å². The quantitative estimate of drug-likeness (QED) is 0.827. The van der Waals surface area contributed by atoms with Crippen LogP contribution in [0.1, 0.15) is 18.7 Å². The monoisotopic (exact) mass is 219 g/mol. The molecule has 0 bridgehead atoms. The first-order chi connectivity index (χ1) is 7.66. The number of nitrogens with one attached hydrogen (secondary N) is 1. The summed E-state index contributed by atoms with van der Waals surface area (Å²) in [5, 5.41) is 12.5. The maximum absolute atomic E-state index is 10.4. The van der Waals surface area contributed by atoms with Gasteiger partial charge in [-0.2, -0.15) is 0 Å². The Balaban J connectivity index is 2.16. The van der Waals surface area contributed by atoms with Gasteiger partial charge in [0.15, 0.2) is 0 Å². The van der Waals surface area contributed by atoms with Gasteiger partial charge in [0, 0.05) is 5.39 Å². The Labute approximate surface area is 92.9 Å². The lowest BCUT2D eigenvalue weighted by Crippen LogP contribution is -2.25. The minimum absolute atomic E-state index is 0.0712. The molecule has 0 spiro atoms. The first kappa shape index (κ1) is 10.7. The molecule has 1 aromatic carbocycles. The molecule has 2 rings (SSSR count). The number of rotatable bonds is 4. The highest BCUT2D eigenvalue weighted by Crippen LogP contribution is 2.23. The molecule has 1 unspecified atom stereocenters. The third kappa shape index (κ3) is 2.23. The van der Waals surface area contributed by atoms with E-state index in [9.17, 15) is 4.79 Å². The van der Waals surface area contributed by atoms with E-state index < -0.39 is 5.97 Å². The van der Waals surface area contributed by atoms with Crippen LogP contribution in [-0.4, -0.2) is 17.6 Å². The largest absolute Gasteiger partial charge is 0.480 e. The van der Waals surface area contributed by atoms with E-state index in [4.69, 9.17) is 9.52 Å². The third-order valence-corrected chi connectivity index (χ3v) is 2.43. The van der Waals surface area contributed by atoms with Gasteiger partial charge in [0.25, 0.3) is 0 Å². The average molecular weight is 219 g/mol. The van der Waals surface area contributed by atoms with Crippen LogP contribution in [0.5, 0.6) is 0 Å². The topological polar surface area (TPSA) is 62.5 Å². The van der Waals surface area contributed by atoms with E-state index in [1.807, 2.05) is 37.3 Å². The summed E-state index contributed by atoms with van der Waals surface area (Å²) in [6.45, 7) is 1.80. The molecule has 2 aromatic rings. The summed E-state index contributed by atoms with van der Waals surface area (Å²) in [6, 6.07) is 9.52. The minimum Gasteiger partial charge on any atom is -0.480 e. The molecular formula is C12H13NO3. The van der Waals surface area contributed by atoms with Crippen molar-refractivity contribution < 1.29 is 14.3 Å². The smallest absolute Gasteiger partial charge is 0.317 e. The molecule has 1 aromatic heterocycles. The Kier molecular flexibility index (Phi) is 2.92. The number of furan rings is 1. The second kappa shape index (κ2) is 4.37. The van der Waals surface area contributed by atoms with Gasteiger partial charge in [-0.05, 0) is 19.1 Å². The summed E-state index contributed by atoms with van der Waals surface area (Å²) in [6.07, 6.45) is 0. The number of fused-ring (bicyclic) bond motifs is 1. The summed E-state index contributed by atoms with van der Waals surface area (Å²) in [5.74, 6) is -0.120. The first-order valence-electron chi connectivity index (χ1n) is 5.10. The van der Waals surface area contributed by atoms with Crippen LogP contribution in [0.4, 0.5) is 0 Å². The van der Waals surface area contributed by atoms with Crippen LogP contribution in [-0.2, 0) is 4.79 Å². The van der Waals surface area contributed by atoms with Gasteiger partial charge in [0.2, 0.25) is 0 Å². The lowest BCUT2D eigenvalue weighted by molar-refractivity contribution is -0.136. The number of carboxylic acids is 1. The van der Waals surface area contributed by atoms with Crippen LogP contribution in [0, 0.1) is 0 Å². The number of hydrogen-bond acceptors (Lipinski definition) is 3. The van der Waals surface area contributed by atoms with Gasteiger partial charge >= 0.3 is 5.97 Å². The SMILES string of the molecule is CC(NCC(=O)O)c1cc2ccccc2o1. The second-order valence-electron chi connectivity index (χ2n) is 3.68. The van der Waals surface area contributed by atoms with E-state index >= 15 is 0 Å². The van der Waals surface area contributed by atoms with Crippen molar-refractivity contribution in [2.75, 3.05) is 6.54 Å². The standard InChI is InChI=1S/C12H13NO3/c1-8(13-7-12(14)15)11-6-9-4-2-3-5-10(9)16-11/h2-6,8,13H,7H2,1H3,(H,14,15). The summed E-state index contributed by atoms with van der Waals surface area (Å²) in [4.78, 5) is 10.4. The predicted molar refractivity (Wildman–Crippen MR) is 60.3 cm³/mol. The predicted octanol–water partition coefficient (Wildman–Crippen LogP) is 2.17. The average Bonchev–Trinajstić information content (AvgIpc) is 2.69. The fourth-order valence-electron chi connectivity index (χ4n) is 1.56. The number of carboxylic acid groups (broad SMARTS) is 1. The number of para-hydroxylation sites is 1. The van der Waals surface area contributed by atoms with Crippen LogP contribution >= 0.6 is 0 Å². The summed E-state index contributed by atoms with van der Waals surface area (Å²) in [7, 11) is 0. The second-order valence-corrected chi connectivity index (χ2v) is 3.68. The molecule has 4 heteroatoms. The van der Waals surface area contributed by atoms with E-state index in [0.717, 1.165) is 16.7 Å². The molecule has 0 aliphatic rings. The van der Waals surface area contributed by atoms with Gasteiger partial charge in [-0.1, -0.05) is 18.2 Å². The van der Waals surface area contributed by atoms with Crippen molar-refractivity contribution >= 4 is 16.9 Å². The van der Waals surface area contributed by atoms with E-state index in [1.165, 1.54) is 0 Å². The number of aliphatic carboxylic acids is 1. The summed E-state index contributed by atoms with van der Waals surface area (Å²) in [5.41, 5.74) is 0.821. The first-order valence-corrected chi connectivity index (χ1v) is 5.10. The maximum atomic E-state index is 10.4. The van der Waals surface area contributed by atoms with Crippen LogP contribution in [0.2, 0.25) is 0 Å². The molecule has 0 aliphatic carbocycles. The molecule has 0 aliphatic heterocycles. The van der Waals surface area contributed by atoms with Gasteiger partial charge in [0.1, 0.15) is 11.3 Å². The normalized spacial score (nSPS) is 12.8. The number of benzene rings is 1. The van der Waals surface area contributed by atoms with Gasteiger partial charge in [-0.3, -0.25) is 10.1 Å². The van der Waals surface area contributed by atoms with Crippen LogP contribution in [0.25, 0.3) is 11.0 Å². The lowest BCUT2D eigenvalue weighted by Gasteiger charge is -2.08. The van der Waals surface area contributed by atoms with E-state index in [-0.39, 0.29) is 12.6 Å². The Bertz CT molecular complexity index is 471. The van der Waals surface area contributed by atoms with E-state index in [1.54, 1.807) is 0 Å². The Hall–Kier alpha value is -1.81. The number of hydrogen-bond donors (Lipinski definition) is 2. The van der Waals surface area contributed by atoms with Gasteiger partial charge in [-0.25, -0.2) is 0 Å². The Morgan fingerprint density at radius 3 is 2.94 bits per heavy atom. The molecule has 2 N–H and O–H groups in total. The van der Waals surface area contributed by atoms with Crippen molar-refractivity contribution in [1.29, 1.82) is 0 Å². The van der Waals surface area contributed by atoms with E-state index in [2.05, 4.69) is 5.32 Å². The zero-order chi connectivity index (χ0) is 11.5. The highest BCUT2D eigenvalue weighted by Gasteiger charge is 2.11. The Morgan fingerprint density at radius 1 is 1.50 bits per heavy atom. The van der Waals surface area contributed by atoms with Crippen LogP contribution < -0.4 is 5.32 Å². The summed E-state index contributed by atoms with van der Waals surface area (Å²) < 4.78 is 5.61. The fourth-order valence-corrected chi connectivity index (χ4v) is 1.56. The minimum atomic E-state index is -0.872. The van der Waals surface area contributed by atoms with Gasteiger partial charge < -0.3 is 9.52 Å². The molecule has 1 heterocycles. The van der Waals surface area contributed by atoms with Crippen LogP contribution in [0.15, 0.2) is 34.7 Å². The molecule has 0 fully saturated rings. The number of carbonyl (C=O) groups is 1. The maximum Gasteiger partial charge on any atom is 0.317 e. The summed E-state index contributed by atoms with van der Waals surface area (Å²) >= 11 is 0. The lowest BCUT2D eigenvalue weighted by atomic mass is 10.2. The molecule has 0 radical (unpaired) electrons. The molecule has 0 amide bonds. The van der Waals surface area contributed by atoms with Crippen LogP contribution in [0.3, 0.4) is 0 Å². The third-order valence-electron chi connectivity index (χ3n) is 2.43. The Morgan fingerprint density at radius 2 is 2.25 bits per heavy atom. The van der Waals surface area contributed by atoms with Crippen molar-refractivity contribution in [3.05, 3.63) is 36.1 Å². The molecule has 0 saturated carbocycles. The molecule has 84 valence electrons. The highest BCUT2D eigenvalue weighted by molar-refractivity contribution is 5.77. The zero-order valence-corrected chi connectivity index (χ0v) is 8.93. The van der Waals surface area contributed by atoms with Crippen molar-refractivity contribution in [2.45, 2.75) is 13.0 Å². The molecule has 4 nitrogen and oxygen atoms in total. The molecule has 0 saturated heterocycles. The van der Waals surface area contributed by atoms with E-state index in [0.29, 0.717) is 0 Å². The molecular weight excluding hydrogens is 206 g/mol. The highest BCUT2D eigenvalue weighted by atomic mass is 16.4.